The molecule has 1 aliphatic rings. The van der Waals surface area contributed by atoms with E-state index < -0.39 is 6.23 Å². The Morgan fingerprint density at radius 1 is 1.44 bits per heavy atom. The molecule has 18 heavy (non-hydrogen) atoms. The maximum absolute atomic E-state index is 11.7. The van der Waals surface area contributed by atoms with E-state index in [1.807, 2.05) is 22.8 Å². The number of aliphatic hydroxyl groups is 1. The van der Waals surface area contributed by atoms with Crippen LogP contribution in [-0.4, -0.2) is 53.2 Å². The molecular weight excluding hydrogens is 228 g/mol. The first kappa shape index (κ1) is 15.0. The van der Waals surface area contributed by atoms with E-state index in [0.29, 0.717) is 12.8 Å². The van der Waals surface area contributed by atoms with Gasteiger partial charge in [0, 0.05) is 32.6 Å². The average Bonchev–Trinajstić information content (AvgIpc) is 2.39. The number of allylic oxidation sites excluding steroid dienone is 1. The number of aliphatic hydroxyl groups excluding tert-OH is 1. The van der Waals surface area contributed by atoms with Crippen LogP contribution in [0.3, 0.4) is 0 Å². The van der Waals surface area contributed by atoms with Gasteiger partial charge >= 0.3 is 0 Å². The summed E-state index contributed by atoms with van der Waals surface area (Å²) in [6.45, 7) is 8.49. The number of piperazine rings is 1. The average molecular weight is 252 g/mol. The Morgan fingerprint density at radius 3 is 2.67 bits per heavy atom. The number of hydrogen-bond donors (Lipinski definition) is 1. The van der Waals surface area contributed by atoms with E-state index in [4.69, 9.17) is 0 Å². The number of hydrogen-bond acceptors (Lipinski definition) is 3. The van der Waals surface area contributed by atoms with Gasteiger partial charge in [0.05, 0.1) is 0 Å². The van der Waals surface area contributed by atoms with Crippen molar-refractivity contribution in [3.63, 3.8) is 0 Å². The molecule has 0 aromatic heterocycles. The van der Waals surface area contributed by atoms with Crippen LogP contribution in [0, 0.1) is 0 Å². The van der Waals surface area contributed by atoms with Crippen LogP contribution < -0.4 is 0 Å². The van der Waals surface area contributed by atoms with Crippen molar-refractivity contribution in [2.45, 2.75) is 38.8 Å². The van der Waals surface area contributed by atoms with Crippen LogP contribution in [0.1, 0.15) is 32.6 Å². The first-order valence-corrected chi connectivity index (χ1v) is 6.73. The van der Waals surface area contributed by atoms with E-state index in [1.54, 1.807) is 0 Å². The van der Waals surface area contributed by atoms with Gasteiger partial charge in [0.1, 0.15) is 6.23 Å². The van der Waals surface area contributed by atoms with Crippen molar-refractivity contribution >= 4 is 5.91 Å². The molecule has 0 aliphatic carbocycles. The molecule has 1 rings (SSSR count). The van der Waals surface area contributed by atoms with Crippen molar-refractivity contribution in [1.29, 1.82) is 0 Å². The summed E-state index contributed by atoms with van der Waals surface area (Å²) in [4.78, 5) is 15.6. The fourth-order valence-corrected chi connectivity index (χ4v) is 2.16. The molecule has 0 radical (unpaired) electrons. The zero-order valence-electron chi connectivity index (χ0n) is 11.3. The fraction of sp³-hybridized carbons (Fsp3) is 0.714. The summed E-state index contributed by atoms with van der Waals surface area (Å²) < 4.78 is 0. The van der Waals surface area contributed by atoms with Gasteiger partial charge in [-0.05, 0) is 25.3 Å². The van der Waals surface area contributed by atoms with Gasteiger partial charge in [0.2, 0.25) is 5.91 Å². The van der Waals surface area contributed by atoms with Crippen LogP contribution in [-0.2, 0) is 4.79 Å². The maximum atomic E-state index is 11.7. The Hall–Kier alpha value is -1.09. The van der Waals surface area contributed by atoms with Crippen LogP contribution in [0.4, 0.5) is 0 Å². The van der Waals surface area contributed by atoms with Crippen molar-refractivity contribution < 1.29 is 9.90 Å². The first-order chi connectivity index (χ1) is 8.69. The SMILES string of the molecule is C=C=CCCC(O)N1CCN(C(=O)CCC)CC1. The van der Waals surface area contributed by atoms with Crippen LogP contribution in [0.15, 0.2) is 18.4 Å². The molecular formula is C14H24N2O2. The van der Waals surface area contributed by atoms with Gasteiger partial charge in [-0.15, -0.1) is 5.73 Å². The highest BCUT2D eigenvalue weighted by atomic mass is 16.3. The Kier molecular flexibility index (Phi) is 6.73. The minimum Gasteiger partial charge on any atom is -0.378 e. The molecule has 0 saturated carbocycles. The Bertz CT molecular complexity index is 303. The lowest BCUT2D eigenvalue weighted by Gasteiger charge is -2.37. The summed E-state index contributed by atoms with van der Waals surface area (Å²) in [6, 6.07) is 0. The number of carbonyl (C=O) groups excluding carboxylic acids is 1. The Morgan fingerprint density at radius 2 is 2.11 bits per heavy atom. The minimum atomic E-state index is -0.418. The van der Waals surface area contributed by atoms with Gasteiger partial charge in [0.25, 0.3) is 0 Å². The van der Waals surface area contributed by atoms with E-state index >= 15 is 0 Å². The van der Waals surface area contributed by atoms with Gasteiger partial charge in [0.15, 0.2) is 0 Å². The highest BCUT2D eigenvalue weighted by Gasteiger charge is 2.23. The molecule has 0 bridgehead atoms. The topological polar surface area (TPSA) is 43.8 Å². The second-order valence-corrected chi connectivity index (χ2v) is 4.63. The van der Waals surface area contributed by atoms with Gasteiger partial charge in [-0.25, -0.2) is 0 Å². The number of rotatable bonds is 6. The molecule has 1 unspecified atom stereocenters. The molecule has 102 valence electrons. The Labute approximate surface area is 110 Å². The molecule has 4 nitrogen and oxygen atoms in total. The second kappa shape index (κ2) is 8.09. The standard InChI is InChI=1S/C14H24N2O2/c1-3-5-6-8-14(18)16-11-9-15(10-12-16)13(17)7-4-2/h5,14,18H,1,4,6-12H2,2H3. The van der Waals surface area contributed by atoms with E-state index in [0.717, 1.165) is 39.0 Å². The minimum absolute atomic E-state index is 0.237. The number of amides is 1. The Balaban J connectivity index is 2.29. The summed E-state index contributed by atoms with van der Waals surface area (Å²) in [5, 5.41) is 9.98. The van der Waals surface area contributed by atoms with Gasteiger partial charge in [-0.3, -0.25) is 9.69 Å². The molecule has 1 amide bonds. The highest BCUT2D eigenvalue weighted by molar-refractivity contribution is 5.76. The van der Waals surface area contributed by atoms with E-state index in [-0.39, 0.29) is 5.91 Å². The third-order valence-electron chi connectivity index (χ3n) is 3.27. The number of nitrogens with zero attached hydrogens (tertiary/aromatic N) is 2. The summed E-state index contributed by atoms with van der Waals surface area (Å²) in [6.07, 6.45) is 4.44. The molecule has 0 spiro atoms. The van der Waals surface area contributed by atoms with E-state index in [2.05, 4.69) is 12.3 Å². The van der Waals surface area contributed by atoms with E-state index in [1.165, 1.54) is 0 Å². The summed E-state index contributed by atoms with van der Waals surface area (Å²) in [5.41, 5.74) is 2.70. The number of carbonyl (C=O) groups is 1. The van der Waals surface area contributed by atoms with Crippen LogP contribution in [0.5, 0.6) is 0 Å². The van der Waals surface area contributed by atoms with Crippen molar-refractivity contribution in [2.75, 3.05) is 26.2 Å². The zero-order chi connectivity index (χ0) is 13.4. The molecule has 4 heteroatoms. The lowest BCUT2D eigenvalue weighted by atomic mass is 10.2. The van der Waals surface area contributed by atoms with Crippen LogP contribution in [0.25, 0.3) is 0 Å². The fourth-order valence-electron chi connectivity index (χ4n) is 2.16. The first-order valence-electron chi connectivity index (χ1n) is 6.73. The highest BCUT2D eigenvalue weighted by Crippen LogP contribution is 2.10. The molecule has 0 aromatic carbocycles. The quantitative estimate of drug-likeness (QED) is 0.726. The molecule has 0 aromatic rings. The van der Waals surface area contributed by atoms with Crippen LogP contribution >= 0.6 is 0 Å². The summed E-state index contributed by atoms with van der Waals surface area (Å²) in [7, 11) is 0. The van der Waals surface area contributed by atoms with Gasteiger partial charge in [-0.1, -0.05) is 13.5 Å². The monoisotopic (exact) mass is 252 g/mol. The predicted octanol–water partition coefficient (Wildman–Crippen LogP) is 1.37. The third-order valence-corrected chi connectivity index (χ3v) is 3.27. The predicted molar refractivity (Wildman–Crippen MR) is 72.0 cm³/mol. The van der Waals surface area contributed by atoms with Crippen molar-refractivity contribution in [3.8, 4) is 0 Å². The van der Waals surface area contributed by atoms with E-state index in [9.17, 15) is 9.90 Å². The largest absolute Gasteiger partial charge is 0.378 e. The van der Waals surface area contributed by atoms with Crippen molar-refractivity contribution in [1.82, 2.24) is 9.80 Å². The maximum Gasteiger partial charge on any atom is 0.222 e. The van der Waals surface area contributed by atoms with Crippen LogP contribution in [0.2, 0.25) is 0 Å². The van der Waals surface area contributed by atoms with Crippen molar-refractivity contribution in [3.05, 3.63) is 18.4 Å². The molecule has 1 fully saturated rings. The second-order valence-electron chi connectivity index (χ2n) is 4.63. The third kappa shape index (κ3) is 4.65. The lowest BCUT2D eigenvalue weighted by Crippen LogP contribution is -2.51. The smallest absolute Gasteiger partial charge is 0.222 e. The lowest BCUT2D eigenvalue weighted by molar-refractivity contribution is -0.135. The normalized spacial score (nSPS) is 18.2. The van der Waals surface area contributed by atoms with Crippen molar-refractivity contribution in [2.24, 2.45) is 0 Å². The summed E-state index contributed by atoms with van der Waals surface area (Å²) in [5.74, 6) is 0.237. The van der Waals surface area contributed by atoms with Gasteiger partial charge in [-0.2, -0.15) is 0 Å². The molecule has 1 atom stereocenters. The zero-order valence-corrected chi connectivity index (χ0v) is 11.3. The summed E-state index contributed by atoms with van der Waals surface area (Å²) >= 11 is 0. The molecule has 1 aliphatic heterocycles. The molecule has 1 saturated heterocycles. The molecule has 1 N–H and O–H groups in total. The molecule has 1 heterocycles. The van der Waals surface area contributed by atoms with Gasteiger partial charge < -0.3 is 10.0 Å².